The van der Waals surface area contributed by atoms with Gasteiger partial charge in [-0.1, -0.05) is 0 Å². The van der Waals surface area contributed by atoms with Crippen molar-refractivity contribution in [3.05, 3.63) is 24.0 Å². The third kappa shape index (κ3) is 5.37. The van der Waals surface area contributed by atoms with Crippen LogP contribution in [0.1, 0.15) is 0 Å². The molecule has 4 nitrogen and oxygen atoms in total. The second-order valence-electron chi connectivity index (χ2n) is 4.14. The molecule has 0 saturated carbocycles. The van der Waals surface area contributed by atoms with Crippen LogP contribution in [-0.4, -0.2) is 43.0 Å². The van der Waals surface area contributed by atoms with Gasteiger partial charge < -0.3 is 16.0 Å². The van der Waals surface area contributed by atoms with E-state index in [1.54, 1.807) is 11.8 Å². The van der Waals surface area contributed by atoms with E-state index in [4.69, 9.17) is 5.73 Å². The lowest BCUT2D eigenvalue weighted by atomic mass is 10.2. The van der Waals surface area contributed by atoms with Crippen LogP contribution >= 0.6 is 11.8 Å². The van der Waals surface area contributed by atoms with Gasteiger partial charge in [0, 0.05) is 18.0 Å². The van der Waals surface area contributed by atoms with Crippen LogP contribution in [0, 0.1) is 5.82 Å². The Morgan fingerprint density at radius 2 is 2.22 bits per heavy atom. The standard InChI is InChI=1S/C12H18FN3OS/c1-16(2)5-6-18-8-12(17)15-9-3-4-10(13)11(14)7-9/h3-4,7H,5-6,8,14H2,1-2H3,(H,15,17). The minimum absolute atomic E-state index is 0.0352. The highest BCUT2D eigenvalue weighted by atomic mass is 32.2. The first-order chi connectivity index (χ1) is 8.49. The molecule has 0 aliphatic rings. The Labute approximate surface area is 111 Å². The normalized spacial score (nSPS) is 10.7. The predicted molar refractivity (Wildman–Crippen MR) is 75.3 cm³/mol. The Kier molecular flexibility index (Phi) is 5.94. The van der Waals surface area contributed by atoms with Gasteiger partial charge in [-0.15, -0.1) is 0 Å². The number of hydrogen-bond acceptors (Lipinski definition) is 4. The molecule has 0 atom stereocenters. The Morgan fingerprint density at radius 1 is 1.50 bits per heavy atom. The quantitative estimate of drug-likeness (QED) is 0.610. The SMILES string of the molecule is CN(C)CCSCC(=O)Nc1ccc(F)c(N)c1. The number of hydrogen-bond donors (Lipinski definition) is 2. The summed E-state index contributed by atoms with van der Waals surface area (Å²) in [5.41, 5.74) is 5.97. The number of amides is 1. The van der Waals surface area contributed by atoms with E-state index in [2.05, 4.69) is 10.2 Å². The van der Waals surface area contributed by atoms with Crippen LogP contribution in [0.25, 0.3) is 0 Å². The minimum atomic E-state index is -0.478. The molecule has 1 aromatic rings. The van der Waals surface area contributed by atoms with E-state index in [-0.39, 0.29) is 11.6 Å². The van der Waals surface area contributed by atoms with Crippen LogP contribution in [0.3, 0.4) is 0 Å². The number of benzene rings is 1. The summed E-state index contributed by atoms with van der Waals surface area (Å²) in [7, 11) is 3.98. The molecule has 0 unspecified atom stereocenters. The second-order valence-corrected chi connectivity index (χ2v) is 5.25. The van der Waals surface area contributed by atoms with Crippen LogP contribution in [-0.2, 0) is 4.79 Å². The summed E-state index contributed by atoms with van der Waals surface area (Å²) in [4.78, 5) is 13.6. The van der Waals surface area contributed by atoms with Crippen LogP contribution < -0.4 is 11.1 Å². The molecule has 100 valence electrons. The van der Waals surface area contributed by atoms with Gasteiger partial charge in [0.05, 0.1) is 11.4 Å². The molecule has 6 heteroatoms. The zero-order valence-electron chi connectivity index (χ0n) is 10.6. The van der Waals surface area contributed by atoms with E-state index in [1.165, 1.54) is 18.2 Å². The van der Waals surface area contributed by atoms with Gasteiger partial charge in [0.15, 0.2) is 0 Å². The molecular weight excluding hydrogens is 253 g/mol. The molecule has 0 aliphatic heterocycles. The third-order valence-corrected chi connectivity index (χ3v) is 3.13. The number of thioether (sulfide) groups is 1. The van der Waals surface area contributed by atoms with Gasteiger partial charge in [0.1, 0.15) is 5.82 Å². The number of anilines is 2. The summed E-state index contributed by atoms with van der Waals surface area (Å²) < 4.78 is 12.9. The van der Waals surface area contributed by atoms with E-state index in [1.807, 2.05) is 14.1 Å². The number of nitrogens with one attached hydrogen (secondary N) is 1. The molecule has 0 aliphatic carbocycles. The second kappa shape index (κ2) is 7.23. The molecule has 18 heavy (non-hydrogen) atoms. The molecule has 1 aromatic carbocycles. The predicted octanol–water partition coefficient (Wildman–Crippen LogP) is 1.64. The lowest BCUT2D eigenvalue weighted by Crippen LogP contribution is -2.18. The maximum Gasteiger partial charge on any atom is 0.234 e. The Balaban J connectivity index is 2.33. The number of halogens is 1. The van der Waals surface area contributed by atoms with Gasteiger partial charge in [0.25, 0.3) is 0 Å². The van der Waals surface area contributed by atoms with Gasteiger partial charge in [-0.2, -0.15) is 11.8 Å². The lowest BCUT2D eigenvalue weighted by Gasteiger charge is -2.09. The summed E-state index contributed by atoms with van der Waals surface area (Å²) in [5.74, 6) is 0.690. The summed E-state index contributed by atoms with van der Waals surface area (Å²) in [5, 5.41) is 2.68. The average molecular weight is 271 g/mol. The van der Waals surface area contributed by atoms with E-state index in [0.717, 1.165) is 12.3 Å². The summed E-state index contributed by atoms with van der Waals surface area (Å²) in [6.45, 7) is 0.932. The van der Waals surface area contributed by atoms with Crippen molar-refractivity contribution in [2.24, 2.45) is 0 Å². The molecule has 1 rings (SSSR count). The molecule has 0 spiro atoms. The maximum atomic E-state index is 12.9. The number of rotatable bonds is 6. The molecular formula is C12H18FN3OS. The van der Waals surface area contributed by atoms with E-state index < -0.39 is 5.82 Å². The van der Waals surface area contributed by atoms with Gasteiger partial charge in [-0.3, -0.25) is 4.79 Å². The molecule has 0 aromatic heterocycles. The number of carbonyl (C=O) groups excluding carboxylic acids is 1. The molecule has 1 amide bonds. The number of nitrogens with two attached hydrogens (primary N) is 1. The molecule has 0 saturated heterocycles. The summed E-state index contributed by atoms with van der Waals surface area (Å²) >= 11 is 1.56. The first-order valence-electron chi connectivity index (χ1n) is 5.56. The molecule has 3 N–H and O–H groups in total. The van der Waals surface area contributed by atoms with Crippen LogP contribution in [0.5, 0.6) is 0 Å². The third-order valence-electron chi connectivity index (χ3n) is 2.20. The van der Waals surface area contributed by atoms with Gasteiger partial charge in [-0.25, -0.2) is 4.39 Å². The highest BCUT2D eigenvalue weighted by Crippen LogP contribution is 2.16. The van der Waals surface area contributed by atoms with Crippen LogP contribution in [0.4, 0.5) is 15.8 Å². The van der Waals surface area contributed by atoms with Crippen molar-refractivity contribution in [2.75, 3.05) is 43.2 Å². The van der Waals surface area contributed by atoms with Crippen molar-refractivity contribution in [2.45, 2.75) is 0 Å². The molecule has 0 fully saturated rings. The van der Waals surface area contributed by atoms with Gasteiger partial charge in [0.2, 0.25) is 5.91 Å². The number of carbonyl (C=O) groups is 1. The topological polar surface area (TPSA) is 58.4 Å². The lowest BCUT2D eigenvalue weighted by molar-refractivity contribution is -0.113. The number of nitrogens with zero attached hydrogens (tertiary/aromatic N) is 1. The first-order valence-corrected chi connectivity index (χ1v) is 6.72. The fourth-order valence-corrected chi connectivity index (χ4v) is 2.13. The maximum absolute atomic E-state index is 12.9. The first kappa shape index (κ1) is 14.8. The highest BCUT2D eigenvalue weighted by Gasteiger charge is 2.05. The van der Waals surface area contributed by atoms with Crippen LogP contribution in [0.15, 0.2) is 18.2 Å². The summed E-state index contributed by atoms with van der Waals surface area (Å²) in [6, 6.07) is 4.15. The average Bonchev–Trinajstić information content (AvgIpc) is 2.29. The monoisotopic (exact) mass is 271 g/mol. The Bertz CT molecular complexity index is 412. The number of nitrogen functional groups attached to an aromatic ring is 1. The fourth-order valence-electron chi connectivity index (χ4n) is 1.23. The zero-order chi connectivity index (χ0) is 13.5. The van der Waals surface area contributed by atoms with Gasteiger partial charge in [-0.05, 0) is 32.3 Å². The Hall–Kier alpha value is -1.27. The largest absolute Gasteiger partial charge is 0.396 e. The summed E-state index contributed by atoms with van der Waals surface area (Å²) in [6.07, 6.45) is 0. The smallest absolute Gasteiger partial charge is 0.234 e. The van der Waals surface area contributed by atoms with E-state index in [0.29, 0.717) is 11.4 Å². The molecule has 0 bridgehead atoms. The van der Waals surface area contributed by atoms with E-state index in [9.17, 15) is 9.18 Å². The van der Waals surface area contributed by atoms with Crippen molar-refractivity contribution >= 4 is 29.0 Å². The van der Waals surface area contributed by atoms with Crippen LogP contribution in [0.2, 0.25) is 0 Å². The van der Waals surface area contributed by atoms with Gasteiger partial charge >= 0.3 is 0 Å². The molecule has 0 radical (unpaired) electrons. The van der Waals surface area contributed by atoms with Crippen molar-refractivity contribution < 1.29 is 9.18 Å². The van der Waals surface area contributed by atoms with Crippen molar-refractivity contribution in [3.8, 4) is 0 Å². The fraction of sp³-hybridized carbons (Fsp3) is 0.417. The highest BCUT2D eigenvalue weighted by molar-refractivity contribution is 7.99. The minimum Gasteiger partial charge on any atom is -0.396 e. The van der Waals surface area contributed by atoms with Crippen molar-refractivity contribution in [3.63, 3.8) is 0 Å². The van der Waals surface area contributed by atoms with Crippen molar-refractivity contribution in [1.29, 1.82) is 0 Å². The zero-order valence-corrected chi connectivity index (χ0v) is 11.4. The van der Waals surface area contributed by atoms with Crippen molar-refractivity contribution in [1.82, 2.24) is 4.90 Å². The Morgan fingerprint density at radius 3 is 2.83 bits per heavy atom. The van der Waals surface area contributed by atoms with E-state index >= 15 is 0 Å². The molecule has 0 heterocycles.